The second-order valence-electron chi connectivity index (χ2n) is 15.3. The van der Waals surface area contributed by atoms with Crippen molar-refractivity contribution in [1.29, 1.82) is 0 Å². The van der Waals surface area contributed by atoms with E-state index in [0.29, 0.717) is 11.1 Å². The van der Waals surface area contributed by atoms with Gasteiger partial charge in [0.25, 0.3) is 0 Å². The number of hydrogen-bond acceptors (Lipinski definition) is 6. The zero-order chi connectivity index (χ0) is 37.6. The fraction of sp³-hybridized carbons (Fsp3) is 0.773. The Bertz CT molecular complexity index is 1310. The Hall–Kier alpha value is -1.93. The van der Waals surface area contributed by atoms with Gasteiger partial charge in [0.2, 0.25) is 0 Å². The lowest BCUT2D eigenvalue weighted by Crippen LogP contribution is -2.30. The number of Topliss-reactive ketones (excluding diaryl/α,β-unsaturated/α-hetero) is 1. The molecule has 52 heavy (non-hydrogen) atoms. The number of anilines is 1. The third-order valence-electron chi connectivity index (χ3n) is 10.6. The largest absolute Gasteiger partial charge is 0.871 e. The second kappa shape index (κ2) is 26.0. The van der Waals surface area contributed by atoms with Crippen LogP contribution in [0.4, 0.5) is 5.13 Å². The second-order valence-corrected chi connectivity index (χ2v) is 17.2. The van der Waals surface area contributed by atoms with Crippen molar-refractivity contribution in [2.24, 2.45) is 4.99 Å². The van der Waals surface area contributed by atoms with Gasteiger partial charge in [-0.3, -0.25) is 9.37 Å². The van der Waals surface area contributed by atoms with Crippen LogP contribution in [0.1, 0.15) is 199 Å². The van der Waals surface area contributed by atoms with Gasteiger partial charge < -0.3 is 10.0 Å². The van der Waals surface area contributed by atoms with Gasteiger partial charge in [-0.2, -0.15) is 0 Å². The predicted molar refractivity (Wildman–Crippen MR) is 227 cm³/mol. The molecule has 294 valence electrons. The van der Waals surface area contributed by atoms with Gasteiger partial charge in [0.1, 0.15) is 0 Å². The van der Waals surface area contributed by atoms with Crippen molar-refractivity contribution in [1.82, 2.24) is 4.98 Å². The summed E-state index contributed by atoms with van der Waals surface area (Å²) in [5.74, 6) is -0.253. The lowest BCUT2D eigenvalue weighted by Gasteiger charge is -2.30. The van der Waals surface area contributed by atoms with Crippen LogP contribution in [0.3, 0.4) is 0 Å². The van der Waals surface area contributed by atoms with Crippen LogP contribution in [0.15, 0.2) is 21.2 Å². The van der Waals surface area contributed by atoms with Crippen LogP contribution in [0.5, 0.6) is 0 Å². The van der Waals surface area contributed by atoms with E-state index >= 15 is 0 Å². The number of amidine groups is 1. The lowest BCUT2D eigenvalue weighted by atomic mass is 9.85. The third kappa shape index (κ3) is 14.4. The maximum Gasteiger partial charge on any atom is 0.359 e. The van der Waals surface area contributed by atoms with E-state index in [-0.39, 0.29) is 11.5 Å². The van der Waals surface area contributed by atoms with Gasteiger partial charge in [0.05, 0.1) is 28.6 Å². The van der Waals surface area contributed by atoms with Gasteiger partial charge in [-0.25, -0.2) is 4.98 Å². The number of allylic oxidation sites excluding steroid dienone is 3. The number of aliphatic imine (C=N–C) groups is 1. The van der Waals surface area contributed by atoms with E-state index in [0.717, 1.165) is 83.3 Å². The smallest absolute Gasteiger partial charge is 0.359 e. The zero-order valence-corrected chi connectivity index (χ0v) is 35.9. The van der Waals surface area contributed by atoms with Crippen molar-refractivity contribution in [2.75, 3.05) is 31.1 Å². The topological polar surface area (TPSA) is 71.6 Å². The summed E-state index contributed by atoms with van der Waals surface area (Å²) in [7, 11) is 0. The molecule has 0 spiro atoms. The average molecular weight is 755 g/mol. The number of aromatic nitrogens is 1. The van der Waals surface area contributed by atoms with Crippen LogP contribution in [0.25, 0.3) is 5.57 Å². The number of thiazole rings is 1. The first kappa shape index (κ1) is 44.5. The highest BCUT2D eigenvalue weighted by atomic mass is 32.2. The molecule has 0 amide bonds. The van der Waals surface area contributed by atoms with E-state index in [1.165, 1.54) is 128 Å². The highest BCUT2D eigenvalue weighted by molar-refractivity contribution is 8.18. The monoisotopic (exact) mass is 755 g/mol. The van der Waals surface area contributed by atoms with Crippen LogP contribution in [0.2, 0.25) is 0 Å². The predicted octanol–water partition coefficient (Wildman–Crippen LogP) is 12.2. The number of nitrogens with zero attached hydrogens (tertiary/aromatic N) is 4. The molecule has 0 N–H and O–H groups in total. The number of carbonyl (C=O) groups is 1. The van der Waals surface area contributed by atoms with Crippen molar-refractivity contribution in [3.63, 3.8) is 0 Å². The molecule has 0 unspecified atom stereocenters. The molecule has 2 aliphatic rings. The molecular formula is C44H74N4O2S2. The minimum absolute atomic E-state index is 0.126. The van der Waals surface area contributed by atoms with E-state index < -0.39 is 0 Å². The Morgan fingerprint density at radius 1 is 0.615 bits per heavy atom. The van der Waals surface area contributed by atoms with E-state index in [1.807, 2.05) is 13.8 Å². The molecule has 0 saturated heterocycles. The maximum atomic E-state index is 13.9. The molecule has 3 rings (SSSR count). The number of unbranched alkanes of at least 4 members (excludes halogenated alkanes) is 20. The minimum atomic E-state index is -0.126. The van der Waals surface area contributed by atoms with E-state index in [2.05, 4.69) is 37.2 Å². The Balaban J connectivity index is 1.76. The Kier molecular flexibility index (Phi) is 22.2. The number of hydrogen-bond donors (Lipinski definition) is 0. The summed E-state index contributed by atoms with van der Waals surface area (Å²) in [6.07, 6.45) is 30.3. The van der Waals surface area contributed by atoms with Crippen LogP contribution >= 0.6 is 23.1 Å². The molecule has 0 aromatic carbocycles. The fourth-order valence-corrected chi connectivity index (χ4v) is 9.56. The summed E-state index contributed by atoms with van der Waals surface area (Å²) in [5.41, 5.74) is 2.27. The quantitative estimate of drug-likeness (QED) is 0.0444. The maximum absolute atomic E-state index is 13.9. The summed E-state index contributed by atoms with van der Waals surface area (Å²) in [6.45, 7) is 16.9. The Morgan fingerprint density at radius 3 is 1.52 bits per heavy atom. The summed E-state index contributed by atoms with van der Waals surface area (Å²) < 4.78 is 2.43. The molecular weight excluding hydrogens is 681 g/mol. The summed E-state index contributed by atoms with van der Waals surface area (Å²) in [5, 5.41) is 15.8. The van der Waals surface area contributed by atoms with Crippen molar-refractivity contribution in [3.8, 4) is 0 Å². The molecule has 1 aromatic heterocycles. The lowest BCUT2D eigenvalue weighted by molar-refractivity contribution is -0.527. The summed E-state index contributed by atoms with van der Waals surface area (Å²) in [4.78, 5) is 27.8. The van der Waals surface area contributed by atoms with Crippen molar-refractivity contribution >= 4 is 50.5 Å². The van der Waals surface area contributed by atoms with Gasteiger partial charge >= 0.3 is 5.17 Å². The first-order valence-corrected chi connectivity index (χ1v) is 23.3. The molecule has 0 fully saturated rings. The number of ketones is 1. The first-order valence-electron chi connectivity index (χ1n) is 21.7. The molecule has 6 nitrogen and oxygen atoms in total. The van der Waals surface area contributed by atoms with Gasteiger partial charge in [-0.1, -0.05) is 160 Å². The van der Waals surface area contributed by atoms with Crippen LogP contribution in [0, 0.1) is 6.92 Å². The third-order valence-corrected chi connectivity index (χ3v) is 13.1. The van der Waals surface area contributed by atoms with Crippen molar-refractivity contribution in [3.05, 3.63) is 26.8 Å². The summed E-state index contributed by atoms with van der Waals surface area (Å²) in [6, 6.07) is 0. The zero-order valence-electron chi connectivity index (χ0n) is 34.2. The molecule has 0 atom stereocenters. The van der Waals surface area contributed by atoms with Gasteiger partial charge in [-0.05, 0) is 50.4 Å². The van der Waals surface area contributed by atoms with Crippen molar-refractivity contribution < 1.29 is 14.5 Å². The molecule has 8 heteroatoms. The molecule has 0 radical (unpaired) electrons. The number of rotatable bonds is 30. The number of carbonyl (C=O) groups excluding carboxylic acids is 1. The van der Waals surface area contributed by atoms with Gasteiger partial charge in [0, 0.05) is 42.9 Å². The van der Waals surface area contributed by atoms with Gasteiger partial charge in [-0.15, -0.1) is 0 Å². The minimum Gasteiger partial charge on any atom is -0.871 e. The molecule has 1 aliphatic carbocycles. The Morgan fingerprint density at radius 2 is 1.06 bits per heavy atom. The van der Waals surface area contributed by atoms with E-state index in [1.54, 1.807) is 23.1 Å². The van der Waals surface area contributed by atoms with E-state index in [4.69, 9.17) is 9.98 Å². The van der Waals surface area contributed by atoms with Crippen LogP contribution in [-0.2, 0) is 4.79 Å². The number of thioether (sulfide) groups is 1. The summed E-state index contributed by atoms with van der Waals surface area (Å²) >= 11 is 3.10. The molecule has 0 bridgehead atoms. The highest BCUT2D eigenvalue weighted by Gasteiger charge is 2.39. The first-order chi connectivity index (χ1) is 25.4. The van der Waals surface area contributed by atoms with Crippen molar-refractivity contribution in [2.45, 2.75) is 196 Å². The average Bonchev–Trinajstić information content (AvgIpc) is 3.70. The standard InChI is InChI=1S/C44H74N4O2S2/c1-7-11-15-19-23-27-31-47(32-28-24-20-16-12-8-2)43-45-35(5)41(51-43)37-39(49)38(40(37)50)42-36(6)46-44(52-42)48(33-29-25-21-17-13-9-3)34-30-26-22-18-14-10-4/h7-34H2,1-6H3. The normalized spacial score (nSPS) is 15.9. The molecule has 0 saturated carbocycles. The number of aryl methyl sites for hydroxylation is 1. The molecule has 1 aliphatic heterocycles. The SMILES string of the molecule is CCCCCCCCN(CCCCCCCC)c1nc(C)c(C2=C([O-])/C(=C3/SC(=[N+](CCCCCCCC)CCCCCCCC)N=C3C)C2=O)s1. The molecule has 2 heterocycles. The fourth-order valence-electron chi connectivity index (χ4n) is 7.24. The molecule has 1 aromatic rings. The van der Waals surface area contributed by atoms with Gasteiger partial charge in [0.15, 0.2) is 16.6 Å². The van der Waals surface area contributed by atoms with E-state index in [9.17, 15) is 9.90 Å². The Labute approximate surface area is 327 Å². The van der Waals surface area contributed by atoms with Crippen LogP contribution < -0.4 is 10.0 Å². The highest BCUT2D eigenvalue weighted by Crippen LogP contribution is 2.45. The van der Waals surface area contributed by atoms with Crippen LogP contribution in [-0.4, -0.2) is 52.4 Å².